The molecule has 0 saturated heterocycles. The molecule has 0 aromatic heterocycles. The van der Waals surface area contributed by atoms with E-state index < -0.39 is 86.0 Å². The maximum absolute atomic E-state index is 13.3. The molecule has 0 heterocycles. The van der Waals surface area contributed by atoms with Crippen molar-refractivity contribution in [2.24, 2.45) is 11.5 Å². The van der Waals surface area contributed by atoms with Crippen molar-refractivity contribution in [3.63, 3.8) is 0 Å². The standard InChI is InChI=1S/C38H69NO12.C26H45NO12.C25H47NO9.C12H24O2.C4H11N.CH2O2.CO2/c1-35(2,3)49-32(42)21-24-46-27-38(28-47-25-22-33(43)50-36(4,5)6,29-48-26-23-34(44)51-37(7,8)9)39-30(40)19-17-15-13-11-12-14-16-18-20-31(41)45-10;1-36-25(35)11-9-7-5-3-2-4-6-8-10-21(28)27-26(18-37-15-12-22(29)30,19-38-16-13-23(31)32)20-39-17-14-24(33)34;1-22(2,3)33-19(27)10-13-30-16-25(26,17-31-14-11-20(28)34-23(4,5)6)18-32-15-12-21(29)35-24(7,8)9;1-3-4-5-6-7-8-9-10-11-12(13)14-2;1-2-3-4-5;2*2-1-3/h11-29H2,1-10H3,(H,39,40);2-20H2,1H3,(H,27,28)(H,29,30)(H,31,32)(H,33,34);10-18,26H2,1-9H3;3-11H2,1-2H3;2-5H2,1H3;1H,(H,2,3);. The van der Waals surface area contributed by atoms with E-state index in [1.165, 1.54) is 79.1 Å². The SMILES string of the molecule is CC(C)(C)OC(=O)CCOCC(N)(COCCC(=O)OC(C)(C)C)COCCC(=O)OC(C)(C)C.CCCCCCCCCCC(=O)OC.CCCCN.COC(=O)CCCCCCCCCCC(=O)NC(COCCC(=O)O)(COCCC(=O)O)COCCC(=O)O.COC(=O)CCCCCCCCCCC(=O)NC(COCCC(=O)OC(C)(C)C)(COCCC(=O)OC(C)(C)C)COCCC(=O)OC(C)(C)C.O=C=O.O=CO. The quantitative estimate of drug-likeness (QED) is 0.0121. The number of nitrogens with one attached hydrogen (secondary N) is 2. The number of amides is 2. The molecular formula is C107H198N4O39. The fourth-order valence-electron chi connectivity index (χ4n) is 12.7. The molecule has 0 saturated carbocycles. The van der Waals surface area contributed by atoms with Gasteiger partial charge in [0.15, 0.2) is 0 Å². The monoisotopic (exact) mass is 2160 g/mol. The molecule has 2 amide bonds. The lowest BCUT2D eigenvalue weighted by molar-refractivity contribution is -0.192. The van der Waals surface area contributed by atoms with E-state index in [9.17, 15) is 67.1 Å². The first-order valence-corrected chi connectivity index (χ1v) is 52.7. The van der Waals surface area contributed by atoms with Crippen molar-refractivity contribution in [1.29, 1.82) is 0 Å². The highest BCUT2D eigenvalue weighted by Crippen LogP contribution is 2.22. The highest BCUT2D eigenvalue weighted by Gasteiger charge is 2.37. The van der Waals surface area contributed by atoms with Crippen molar-refractivity contribution in [2.45, 2.75) is 446 Å². The molecule has 880 valence electrons. The van der Waals surface area contributed by atoms with Gasteiger partial charge in [-0.1, -0.05) is 142 Å². The van der Waals surface area contributed by atoms with Crippen molar-refractivity contribution in [3.8, 4) is 0 Å². The van der Waals surface area contributed by atoms with Gasteiger partial charge < -0.3 is 128 Å². The van der Waals surface area contributed by atoms with Gasteiger partial charge in [0.1, 0.15) is 44.7 Å². The number of rotatable bonds is 80. The number of carboxylic acids is 3. The third-order valence-electron chi connectivity index (χ3n) is 19.4. The second-order valence-electron chi connectivity index (χ2n) is 41.9. The zero-order valence-electron chi connectivity index (χ0n) is 95.5. The first-order valence-electron chi connectivity index (χ1n) is 52.7. The average Bonchev–Trinajstić information content (AvgIpc) is 0.853. The number of unbranched alkanes of at least 4 members (excludes halogenated alkanes) is 22. The minimum atomic E-state index is -1.25. The lowest BCUT2D eigenvalue weighted by Gasteiger charge is -2.34. The summed E-state index contributed by atoms with van der Waals surface area (Å²) in [6, 6.07) is 0. The Balaban J connectivity index is -0.000000370. The lowest BCUT2D eigenvalue weighted by Crippen LogP contribution is -2.58. The Morgan fingerprint density at radius 1 is 0.260 bits per heavy atom. The number of aliphatic carboxylic acids is 3. The normalized spacial score (nSPS) is 11.4. The molecule has 43 nitrogen and oxygen atoms in total. The number of carbonyl (C=O) groups is 15. The van der Waals surface area contributed by atoms with Crippen LogP contribution in [0.1, 0.15) is 395 Å². The van der Waals surface area contributed by atoms with Gasteiger partial charge in [-0.15, -0.1) is 0 Å². The smallest absolute Gasteiger partial charge is 0.373 e. The summed E-state index contributed by atoms with van der Waals surface area (Å²) in [7, 11) is 4.23. The van der Waals surface area contributed by atoms with Gasteiger partial charge in [-0.3, -0.25) is 71.9 Å². The van der Waals surface area contributed by atoms with E-state index in [4.69, 9.17) is 117 Å². The molecular weight excluding hydrogens is 1970 g/mol. The Labute approximate surface area is 893 Å². The predicted molar refractivity (Wildman–Crippen MR) is 559 cm³/mol. The largest absolute Gasteiger partial charge is 0.483 e. The van der Waals surface area contributed by atoms with Crippen molar-refractivity contribution in [2.75, 3.05) is 147 Å². The number of ether oxygens (including phenoxy) is 18. The van der Waals surface area contributed by atoms with Gasteiger partial charge in [0.05, 0.1) is 204 Å². The molecule has 0 aromatic rings. The first kappa shape index (κ1) is 154. The summed E-state index contributed by atoms with van der Waals surface area (Å²) in [4.78, 5) is 189. The van der Waals surface area contributed by atoms with Crippen LogP contribution >= 0.6 is 0 Å². The van der Waals surface area contributed by atoms with Crippen molar-refractivity contribution in [1.82, 2.24) is 10.6 Å². The summed E-state index contributed by atoms with van der Waals surface area (Å²) in [6.07, 6.45) is 29.1. The third kappa shape index (κ3) is 122. The summed E-state index contributed by atoms with van der Waals surface area (Å²) < 4.78 is 96.7. The molecule has 0 bridgehead atoms. The van der Waals surface area contributed by atoms with Crippen molar-refractivity contribution in [3.05, 3.63) is 0 Å². The number of carbonyl (C=O) groups excluding carboxylic acids is 13. The van der Waals surface area contributed by atoms with Crippen LogP contribution in [-0.2, 0) is 167 Å². The van der Waals surface area contributed by atoms with E-state index in [0.717, 1.165) is 103 Å². The fraction of sp³-hybridized carbons (Fsp3) is 0.850. The van der Waals surface area contributed by atoms with Crippen LogP contribution < -0.4 is 22.1 Å². The minimum absolute atomic E-state index is 0.00553. The summed E-state index contributed by atoms with van der Waals surface area (Å²) >= 11 is 0. The highest BCUT2D eigenvalue weighted by molar-refractivity contribution is 5.78. The van der Waals surface area contributed by atoms with Gasteiger partial charge in [0.2, 0.25) is 11.8 Å². The molecule has 150 heavy (non-hydrogen) atoms. The summed E-state index contributed by atoms with van der Waals surface area (Å²) in [5.41, 5.74) is 4.46. The van der Waals surface area contributed by atoms with E-state index in [1.54, 1.807) is 125 Å². The van der Waals surface area contributed by atoms with Gasteiger partial charge in [-0.05, 0) is 170 Å². The molecule has 10 N–H and O–H groups in total. The van der Waals surface area contributed by atoms with Crippen molar-refractivity contribution >= 4 is 96.1 Å². The summed E-state index contributed by atoms with van der Waals surface area (Å²) in [5, 5.41) is 39.3. The van der Waals surface area contributed by atoms with E-state index in [2.05, 4.69) is 38.7 Å². The topological polar surface area (TPSA) is 613 Å². The molecule has 0 aliphatic rings. The Kier molecular flexibility index (Phi) is 98.3. The molecule has 0 fully saturated rings. The van der Waals surface area contributed by atoms with Gasteiger partial charge in [0, 0.05) is 32.1 Å². The number of esters is 9. The maximum Gasteiger partial charge on any atom is 0.373 e. The van der Waals surface area contributed by atoms with Gasteiger partial charge in [0.25, 0.3) is 6.47 Å². The Morgan fingerprint density at radius 2 is 0.420 bits per heavy atom. The number of nitrogens with two attached hydrogens (primary N) is 2. The zero-order chi connectivity index (χ0) is 116. The second-order valence-corrected chi connectivity index (χ2v) is 41.9. The molecule has 43 heteroatoms. The van der Waals surface area contributed by atoms with Crippen LogP contribution in [0.4, 0.5) is 0 Å². The molecule has 0 spiro atoms. The minimum Gasteiger partial charge on any atom is -0.483 e. The van der Waals surface area contributed by atoms with Gasteiger partial charge in [-0.2, -0.15) is 9.59 Å². The number of hydrogen-bond donors (Lipinski definition) is 8. The van der Waals surface area contributed by atoms with Crippen LogP contribution in [0, 0.1) is 0 Å². The fourth-order valence-corrected chi connectivity index (χ4v) is 12.7. The molecule has 0 atom stereocenters. The maximum atomic E-state index is 13.3. The second kappa shape index (κ2) is 95.8. The van der Waals surface area contributed by atoms with Crippen LogP contribution in [-0.4, -0.2) is 314 Å². The number of methoxy groups -OCH3 is 3. The van der Waals surface area contributed by atoms with Crippen molar-refractivity contribution < 1.29 is 187 Å². The molecule has 0 rings (SSSR count). The van der Waals surface area contributed by atoms with E-state index in [1.807, 2.05) is 0 Å². The lowest BCUT2D eigenvalue weighted by atomic mass is 10.0. The molecule has 0 aromatic carbocycles. The van der Waals surface area contributed by atoms with Crippen LogP contribution in [0.2, 0.25) is 0 Å². The van der Waals surface area contributed by atoms with E-state index in [-0.39, 0.29) is 250 Å². The number of hydrogen-bond acceptors (Lipinski definition) is 37. The van der Waals surface area contributed by atoms with E-state index >= 15 is 0 Å². The first-order chi connectivity index (χ1) is 70.1. The van der Waals surface area contributed by atoms with Gasteiger partial charge in [-0.25, -0.2) is 0 Å². The third-order valence-corrected chi connectivity index (χ3v) is 19.4. The Bertz CT molecular complexity index is 3320. The molecule has 0 aliphatic carbocycles. The predicted octanol–water partition coefficient (Wildman–Crippen LogP) is 15.0. The van der Waals surface area contributed by atoms with Crippen LogP contribution in [0.5, 0.6) is 0 Å². The number of carboxylic acid groups (broad SMARTS) is 4. The summed E-state index contributed by atoms with van der Waals surface area (Å²) in [5.74, 6) is -6.50. The molecule has 0 radical (unpaired) electrons. The Hall–Kier alpha value is -9.01. The van der Waals surface area contributed by atoms with Crippen LogP contribution in [0.25, 0.3) is 0 Å². The van der Waals surface area contributed by atoms with Crippen LogP contribution in [0.3, 0.4) is 0 Å². The van der Waals surface area contributed by atoms with Crippen LogP contribution in [0.15, 0.2) is 0 Å². The molecule has 0 aliphatic heterocycles. The zero-order valence-corrected chi connectivity index (χ0v) is 95.5. The summed E-state index contributed by atoms with van der Waals surface area (Å²) in [6.45, 7) is 36.6. The Morgan fingerprint density at radius 3 is 0.573 bits per heavy atom. The highest BCUT2D eigenvalue weighted by atomic mass is 16.6. The van der Waals surface area contributed by atoms with Gasteiger partial charge >= 0.3 is 77.8 Å². The van der Waals surface area contributed by atoms with E-state index in [0.29, 0.717) is 32.1 Å². The molecule has 0 unspecified atom stereocenters. The average molecular weight is 2160 g/mol.